The lowest BCUT2D eigenvalue weighted by atomic mass is 9.77. The van der Waals surface area contributed by atoms with Crippen molar-refractivity contribution in [3.05, 3.63) is 59.8 Å². The predicted molar refractivity (Wildman–Crippen MR) is 155 cm³/mol. The van der Waals surface area contributed by atoms with E-state index in [0.717, 1.165) is 44.0 Å². The number of likely N-dealkylation sites (tertiary alicyclic amines) is 1. The average Bonchev–Trinajstić information content (AvgIpc) is 3.29. The largest absolute Gasteiger partial charge is 0.496 e. The van der Waals surface area contributed by atoms with Gasteiger partial charge in [-0.1, -0.05) is 0 Å². The minimum atomic E-state index is -0.439. The Morgan fingerprint density at radius 3 is 2.21 bits per heavy atom. The first-order valence-electron chi connectivity index (χ1n) is 13.6. The summed E-state index contributed by atoms with van der Waals surface area (Å²) in [5.74, 6) is 0.718. The van der Waals surface area contributed by atoms with Crippen molar-refractivity contribution >= 4 is 35.0 Å². The number of nitrogens with zero attached hydrogens (tertiary/aromatic N) is 4. The number of rotatable bonds is 6. The number of piperazine rings is 1. The molecule has 206 valence electrons. The average molecular weight is 531 g/mol. The van der Waals surface area contributed by atoms with E-state index in [4.69, 9.17) is 15.9 Å². The SMILES string of the molecule is COc1cc(N2CCC3(CCN(C(=O)c4ccc(N5CCN(C)CC5)cc4)CC3)C2=O)ccc1/C(C=N)=C/N. The maximum absolute atomic E-state index is 13.7. The van der Waals surface area contributed by atoms with Gasteiger partial charge in [0.25, 0.3) is 5.91 Å². The molecular formula is C30H38N6O3. The van der Waals surface area contributed by atoms with Gasteiger partial charge in [-0.2, -0.15) is 0 Å². The highest BCUT2D eigenvalue weighted by atomic mass is 16.5. The number of nitrogens with one attached hydrogen (secondary N) is 1. The third-order valence-corrected chi connectivity index (χ3v) is 8.65. The number of carbonyl (C=O) groups excluding carboxylic acids is 2. The van der Waals surface area contributed by atoms with Crippen LogP contribution in [0.15, 0.2) is 48.7 Å². The van der Waals surface area contributed by atoms with Crippen molar-refractivity contribution in [3.63, 3.8) is 0 Å². The highest BCUT2D eigenvalue weighted by Crippen LogP contribution is 2.44. The molecule has 9 heteroatoms. The lowest BCUT2D eigenvalue weighted by molar-refractivity contribution is -0.127. The Bertz CT molecular complexity index is 1260. The maximum atomic E-state index is 13.7. The second kappa shape index (κ2) is 11.1. The molecule has 3 aliphatic rings. The summed E-state index contributed by atoms with van der Waals surface area (Å²) < 4.78 is 5.54. The molecule has 5 rings (SSSR count). The van der Waals surface area contributed by atoms with Crippen LogP contribution in [0.2, 0.25) is 0 Å². The third kappa shape index (κ3) is 5.11. The number of ether oxygens (including phenoxy) is 1. The predicted octanol–water partition coefficient (Wildman–Crippen LogP) is 3.06. The molecule has 0 unspecified atom stereocenters. The molecule has 3 aliphatic heterocycles. The van der Waals surface area contributed by atoms with Gasteiger partial charge < -0.3 is 35.5 Å². The molecule has 9 nitrogen and oxygen atoms in total. The Morgan fingerprint density at radius 1 is 0.949 bits per heavy atom. The molecule has 3 saturated heterocycles. The van der Waals surface area contributed by atoms with E-state index in [-0.39, 0.29) is 11.8 Å². The Labute approximate surface area is 230 Å². The molecule has 0 atom stereocenters. The summed E-state index contributed by atoms with van der Waals surface area (Å²) in [5, 5.41) is 7.59. The number of benzene rings is 2. The van der Waals surface area contributed by atoms with Crippen LogP contribution in [0.1, 0.15) is 35.2 Å². The van der Waals surface area contributed by atoms with Gasteiger partial charge in [-0.05, 0) is 62.7 Å². The third-order valence-electron chi connectivity index (χ3n) is 8.65. The summed E-state index contributed by atoms with van der Waals surface area (Å²) in [5.41, 5.74) is 9.12. The van der Waals surface area contributed by atoms with Crippen LogP contribution in [0.25, 0.3) is 5.57 Å². The molecule has 2 aromatic rings. The number of piperidine rings is 1. The maximum Gasteiger partial charge on any atom is 0.253 e. The fourth-order valence-electron chi connectivity index (χ4n) is 6.03. The van der Waals surface area contributed by atoms with Crippen LogP contribution in [0.4, 0.5) is 11.4 Å². The lowest BCUT2D eigenvalue weighted by Gasteiger charge is -2.38. The van der Waals surface area contributed by atoms with Crippen molar-refractivity contribution in [2.75, 3.05) is 69.8 Å². The molecular weight excluding hydrogens is 492 g/mol. The number of hydrogen-bond donors (Lipinski definition) is 2. The zero-order valence-corrected chi connectivity index (χ0v) is 22.9. The molecule has 3 heterocycles. The van der Waals surface area contributed by atoms with Crippen LogP contribution >= 0.6 is 0 Å². The van der Waals surface area contributed by atoms with Crippen molar-refractivity contribution in [1.82, 2.24) is 9.80 Å². The zero-order chi connectivity index (χ0) is 27.6. The summed E-state index contributed by atoms with van der Waals surface area (Å²) >= 11 is 0. The van der Waals surface area contributed by atoms with Gasteiger partial charge in [0.15, 0.2) is 0 Å². The van der Waals surface area contributed by atoms with Gasteiger partial charge in [0.05, 0.1) is 12.5 Å². The number of hydrogen-bond acceptors (Lipinski definition) is 7. The van der Waals surface area contributed by atoms with E-state index in [9.17, 15) is 9.59 Å². The highest BCUT2D eigenvalue weighted by molar-refractivity contribution is 6.09. The first-order valence-corrected chi connectivity index (χ1v) is 13.6. The van der Waals surface area contributed by atoms with Gasteiger partial charge in [-0.3, -0.25) is 9.59 Å². The summed E-state index contributed by atoms with van der Waals surface area (Å²) in [4.78, 5) is 35.4. The summed E-state index contributed by atoms with van der Waals surface area (Å²) in [6.07, 6.45) is 4.65. The molecule has 0 saturated carbocycles. The van der Waals surface area contributed by atoms with E-state index in [1.165, 1.54) is 12.4 Å². The molecule has 39 heavy (non-hydrogen) atoms. The molecule has 3 fully saturated rings. The van der Waals surface area contributed by atoms with Gasteiger partial charge in [-0.25, -0.2) is 0 Å². The van der Waals surface area contributed by atoms with Crippen molar-refractivity contribution in [1.29, 1.82) is 5.41 Å². The molecule has 0 radical (unpaired) electrons. The smallest absolute Gasteiger partial charge is 0.253 e. The van der Waals surface area contributed by atoms with Gasteiger partial charge in [0.1, 0.15) is 5.75 Å². The molecule has 0 aliphatic carbocycles. The number of allylic oxidation sites excluding steroid dienone is 1. The first-order chi connectivity index (χ1) is 18.9. The molecule has 0 bridgehead atoms. The standard InChI is InChI=1S/C30H38N6O3/c1-33-15-17-34(18-16-33)24-5-3-22(4-6-24)28(37)35-12-9-30(10-13-35)11-14-36(29(30)38)25-7-8-26(23(20-31)21-32)27(19-25)39-2/h3-8,19-21,31H,9-18,32H2,1-2H3/b23-21+,31-20?. The molecule has 3 N–H and O–H groups in total. The number of carbonyl (C=O) groups is 2. The Kier molecular flexibility index (Phi) is 7.61. The fraction of sp³-hybridized carbons (Fsp3) is 0.433. The van der Waals surface area contributed by atoms with Crippen LogP contribution in [-0.4, -0.2) is 87.8 Å². The monoisotopic (exact) mass is 530 g/mol. The van der Waals surface area contributed by atoms with Crippen molar-refractivity contribution in [3.8, 4) is 5.75 Å². The van der Waals surface area contributed by atoms with E-state index in [2.05, 4.69) is 29.0 Å². The number of anilines is 2. The van der Waals surface area contributed by atoms with Gasteiger partial charge in [0.2, 0.25) is 5.91 Å². The summed E-state index contributed by atoms with van der Waals surface area (Å²) in [7, 11) is 3.71. The topological polar surface area (TPSA) is 106 Å². The van der Waals surface area contributed by atoms with E-state index in [0.29, 0.717) is 54.9 Å². The zero-order valence-electron chi connectivity index (χ0n) is 22.9. The summed E-state index contributed by atoms with van der Waals surface area (Å²) in [6.45, 7) is 5.86. The van der Waals surface area contributed by atoms with Crippen molar-refractivity contribution < 1.29 is 14.3 Å². The number of likely N-dealkylation sites (N-methyl/N-ethyl adjacent to an activating group) is 1. The van der Waals surface area contributed by atoms with Crippen LogP contribution in [0.3, 0.4) is 0 Å². The van der Waals surface area contributed by atoms with Crippen LogP contribution in [-0.2, 0) is 4.79 Å². The fourth-order valence-corrected chi connectivity index (χ4v) is 6.03. The summed E-state index contributed by atoms with van der Waals surface area (Å²) in [6, 6.07) is 13.5. The normalized spacial score (nSPS) is 20.0. The van der Waals surface area contributed by atoms with E-state index in [1.807, 2.05) is 40.1 Å². The number of amides is 2. The van der Waals surface area contributed by atoms with E-state index in [1.54, 1.807) is 7.11 Å². The molecule has 0 aromatic heterocycles. The van der Waals surface area contributed by atoms with E-state index < -0.39 is 5.41 Å². The van der Waals surface area contributed by atoms with Gasteiger partial charge in [0, 0.05) is 92.4 Å². The highest BCUT2D eigenvalue weighted by Gasteiger charge is 2.49. The first kappa shape index (κ1) is 26.7. The molecule has 2 amide bonds. The van der Waals surface area contributed by atoms with Gasteiger partial charge >= 0.3 is 0 Å². The van der Waals surface area contributed by atoms with Crippen LogP contribution < -0.4 is 20.3 Å². The van der Waals surface area contributed by atoms with Crippen molar-refractivity contribution in [2.45, 2.75) is 19.3 Å². The number of nitrogens with two attached hydrogens (primary N) is 1. The van der Waals surface area contributed by atoms with Crippen LogP contribution in [0, 0.1) is 10.8 Å². The Balaban J connectivity index is 1.22. The lowest BCUT2D eigenvalue weighted by Crippen LogP contribution is -2.46. The second-order valence-electron chi connectivity index (χ2n) is 10.8. The number of methoxy groups -OCH3 is 1. The van der Waals surface area contributed by atoms with Crippen LogP contribution in [0.5, 0.6) is 5.75 Å². The quantitative estimate of drug-likeness (QED) is 0.556. The van der Waals surface area contributed by atoms with E-state index >= 15 is 0 Å². The van der Waals surface area contributed by atoms with Gasteiger partial charge in [-0.15, -0.1) is 0 Å². The Morgan fingerprint density at radius 2 is 1.59 bits per heavy atom. The molecule has 1 spiro atoms. The second-order valence-corrected chi connectivity index (χ2v) is 10.8. The Hall–Kier alpha value is -3.85. The van der Waals surface area contributed by atoms with Crippen molar-refractivity contribution in [2.24, 2.45) is 11.1 Å². The minimum Gasteiger partial charge on any atom is -0.496 e. The minimum absolute atomic E-state index is 0.0346. The molecule has 2 aromatic carbocycles.